The highest BCUT2D eigenvalue weighted by atomic mass is 32.2. The molecule has 1 amide bonds. The van der Waals surface area contributed by atoms with E-state index in [9.17, 15) is 13.2 Å². The van der Waals surface area contributed by atoms with E-state index in [1.807, 2.05) is 24.3 Å². The number of sulfonamides is 1. The first-order chi connectivity index (χ1) is 14.4. The van der Waals surface area contributed by atoms with Gasteiger partial charge in [-0.3, -0.25) is 4.79 Å². The van der Waals surface area contributed by atoms with Gasteiger partial charge in [-0.1, -0.05) is 23.5 Å². The Labute approximate surface area is 179 Å². The van der Waals surface area contributed by atoms with Crippen LogP contribution in [-0.4, -0.2) is 52.7 Å². The molecule has 30 heavy (non-hydrogen) atoms. The Morgan fingerprint density at radius 2 is 2.07 bits per heavy atom. The lowest BCUT2D eigenvalue weighted by Gasteiger charge is -2.30. The first kappa shape index (κ1) is 19.7. The van der Waals surface area contributed by atoms with Crippen molar-refractivity contribution in [1.82, 2.24) is 19.1 Å². The molecule has 3 aromatic rings. The van der Waals surface area contributed by atoms with Crippen LogP contribution in [0.15, 0.2) is 24.3 Å². The number of para-hydroxylation sites is 1. The molecule has 1 aliphatic carbocycles. The number of aromatic nitrogens is 3. The molecule has 1 fully saturated rings. The van der Waals surface area contributed by atoms with Crippen LogP contribution in [0.1, 0.15) is 30.5 Å². The highest BCUT2D eigenvalue weighted by molar-refractivity contribution is 7.88. The monoisotopic (exact) mass is 445 g/mol. The minimum Gasteiger partial charge on any atom is -0.310 e. The van der Waals surface area contributed by atoms with Gasteiger partial charge in [-0.15, -0.1) is 0 Å². The predicted octanol–water partition coefficient (Wildman–Crippen LogP) is 2.58. The number of anilines is 1. The number of nitrogens with one attached hydrogen (secondary N) is 1. The zero-order valence-corrected chi connectivity index (χ0v) is 18.3. The number of piperidine rings is 1. The number of nitrogens with zero attached hydrogens (tertiary/aromatic N) is 4. The molecule has 1 N–H and O–H groups in total. The molecule has 3 heterocycles. The molecular weight excluding hydrogens is 422 g/mol. The largest absolute Gasteiger partial charge is 0.310 e. The van der Waals surface area contributed by atoms with Crippen molar-refractivity contribution in [1.29, 1.82) is 0 Å². The summed E-state index contributed by atoms with van der Waals surface area (Å²) in [5, 5.41) is 8.56. The van der Waals surface area contributed by atoms with Gasteiger partial charge in [-0.25, -0.2) is 17.7 Å². The Bertz CT molecular complexity index is 1200. The van der Waals surface area contributed by atoms with Crippen molar-refractivity contribution in [2.45, 2.75) is 32.1 Å². The molecule has 158 valence electrons. The van der Waals surface area contributed by atoms with E-state index in [0.717, 1.165) is 45.9 Å². The van der Waals surface area contributed by atoms with Crippen LogP contribution >= 0.6 is 11.3 Å². The SMILES string of the molecule is CS(=O)(=O)N1CCC[C@H](C(=O)Nc2c3c(nn2-c2nc4ccccc4s2)CCC3)C1. The fourth-order valence-corrected chi connectivity index (χ4v) is 6.12. The molecule has 8 nitrogen and oxygen atoms in total. The predicted molar refractivity (Wildman–Crippen MR) is 117 cm³/mol. The fraction of sp³-hybridized carbons (Fsp3) is 0.450. The van der Waals surface area contributed by atoms with Crippen LogP contribution in [0.25, 0.3) is 15.3 Å². The smallest absolute Gasteiger partial charge is 0.229 e. The highest BCUT2D eigenvalue weighted by Gasteiger charge is 2.32. The van der Waals surface area contributed by atoms with E-state index in [0.29, 0.717) is 25.2 Å². The molecule has 0 bridgehead atoms. The number of hydrogen-bond donors (Lipinski definition) is 1. The molecule has 0 spiro atoms. The number of aryl methyl sites for hydroxylation is 1. The normalized spacial score (nSPS) is 19.8. The van der Waals surface area contributed by atoms with Gasteiger partial charge in [0.1, 0.15) is 5.82 Å². The number of thiazole rings is 1. The number of carbonyl (C=O) groups is 1. The maximum atomic E-state index is 13.1. The maximum Gasteiger partial charge on any atom is 0.229 e. The van der Waals surface area contributed by atoms with Crippen LogP contribution in [0.2, 0.25) is 0 Å². The van der Waals surface area contributed by atoms with Crippen LogP contribution in [0, 0.1) is 5.92 Å². The summed E-state index contributed by atoms with van der Waals surface area (Å²) in [5.41, 5.74) is 2.98. The number of carbonyl (C=O) groups excluding carboxylic acids is 1. The average Bonchev–Trinajstić information content (AvgIpc) is 3.42. The third-order valence-corrected chi connectivity index (χ3v) is 8.12. The van der Waals surface area contributed by atoms with Crippen molar-refractivity contribution < 1.29 is 13.2 Å². The number of fused-ring (bicyclic) bond motifs is 2. The van der Waals surface area contributed by atoms with E-state index in [-0.39, 0.29) is 18.4 Å². The molecule has 10 heteroatoms. The Kier molecular flexibility index (Phi) is 4.87. The summed E-state index contributed by atoms with van der Waals surface area (Å²) >= 11 is 1.54. The Morgan fingerprint density at radius 3 is 2.87 bits per heavy atom. The average molecular weight is 446 g/mol. The van der Waals surface area contributed by atoms with Gasteiger partial charge >= 0.3 is 0 Å². The van der Waals surface area contributed by atoms with E-state index in [2.05, 4.69) is 5.32 Å². The molecule has 2 aromatic heterocycles. The molecule has 1 aromatic carbocycles. The molecule has 5 rings (SSSR count). The van der Waals surface area contributed by atoms with E-state index < -0.39 is 10.0 Å². The summed E-state index contributed by atoms with van der Waals surface area (Å²) in [6, 6.07) is 7.92. The standard InChI is InChI=1S/C20H23N5O3S2/c1-30(27,28)24-11-5-6-13(12-24)19(26)22-18-14-7-4-9-15(14)23-25(18)20-21-16-8-2-3-10-17(16)29-20/h2-3,8,10,13H,4-7,9,11-12H2,1H3,(H,22,26)/t13-/m0/s1. The summed E-state index contributed by atoms with van der Waals surface area (Å²) in [5.74, 6) is 0.160. The van der Waals surface area contributed by atoms with Gasteiger partial charge in [0.05, 0.1) is 28.1 Å². The lowest BCUT2D eigenvalue weighted by Crippen LogP contribution is -2.43. The Hall–Kier alpha value is -2.30. The second-order valence-electron chi connectivity index (χ2n) is 7.95. The number of rotatable bonds is 4. The lowest BCUT2D eigenvalue weighted by molar-refractivity contribution is -0.120. The summed E-state index contributed by atoms with van der Waals surface area (Å²) in [4.78, 5) is 17.8. The lowest BCUT2D eigenvalue weighted by atomic mass is 9.99. The second kappa shape index (κ2) is 7.44. The third-order valence-electron chi connectivity index (χ3n) is 5.84. The second-order valence-corrected chi connectivity index (χ2v) is 10.9. The van der Waals surface area contributed by atoms with Crippen molar-refractivity contribution >= 4 is 43.3 Å². The summed E-state index contributed by atoms with van der Waals surface area (Å²) < 4.78 is 28.1. The third kappa shape index (κ3) is 3.52. The summed E-state index contributed by atoms with van der Waals surface area (Å²) in [6.07, 6.45) is 5.34. The zero-order chi connectivity index (χ0) is 20.9. The van der Waals surface area contributed by atoms with Crippen molar-refractivity contribution in [3.8, 4) is 5.13 Å². The number of benzene rings is 1. The van der Waals surface area contributed by atoms with Gasteiger partial charge in [0, 0.05) is 18.7 Å². The number of amides is 1. The Balaban J connectivity index is 1.46. The van der Waals surface area contributed by atoms with Crippen molar-refractivity contribution in [3.05, 3.63) is 35.5 Å². The van der Waals surface area contributed by atoms with E-state index >= 15 is 0 Å². The van der Waals surface area contributed by atoms with Gasteiger partial charge in [-0.2, -0.15) is 9.78 Å². The minimum atomic E-state index is -3.30. The Morgan fingerprint density at radius 1 is 1.23 bits per heavy atom. The van der Waals surface area contributed by atoms with Crippen molar-refractivity contribution in [2.24, 2.45) is 5.92 Å². The quantitative estimate of drug-likeness (QED) is 0.666. The van der Waals surface area contributed by atoms with E-state index in [1.54, 1.807) is 4.68 Å². The first-order valence-corrected chi connectivity index (χ1v) is 12.8. The van der Waals surface area contributed by atoms with Gasteiger partial charge in [0.25, 0.3) is 0 Å². The molecular formula is C20H23N5O3S2. The molecule has 0 unspecified atom stereocenters. The van der Waals surface area contributed by atoms with Gasteiger partial charge in [-0.05, 0) is 44.2 Å². The van der Waals surface area contributed by atoms with Crippen molar-refractivity contribution in [2.75, 3.05) is 24.7 Å². The van der Waals surface area contributed by atoms with Crippen LogP contribution in [0.5, 0.6) is 0 Å². The van der Waals surface area contributed by atoms with Gasteiger partial charge in [0.2, 0.25) is 21.1 Å². The summed E-state index contributed by atoms with van der Waals surface area (Å²) in [7, 11) is -3.30. The fourth-order valence-electron chi connectivity index (χ4n) is 4.29. The topological polar surface area (TPSA) is 97.2 Å². The van der Waals surface area contributed by atoms with Crippen LogP contribution < -0.4 is 5.32 Å². The molecule has 1 saturated heterocycles. The van der Waals surface area contributed by atoms with E-state index in [4.69, 9.17) is 10.1 Å². The van der Waals surface area contributed by atoms with Crippen LogP contribution in [0.3, 0.4) is 0 Å². The zero-order valence-electron chi connectivity index (χ0n) is 16.7. The summed E-state index contributed by atoms with van der Waals surface area (Å²) in [6.45, 7) is 0.698. The molecule has 0 saturated carbocycles. The van der Waals surface area contributed by atoms with Gasteiger partial charge in [0.15, 0.2) is 0 Å². The van der Waals surface area contributed by atoms with Crippen LogP contribution in [0.4, 0.5) is 5.82 Å². The van der Waals surface area contributed by atoms with Crippen molar-refractivity contribution in [3.63, 3.8) is 0 Å². The first-order valence-electron chi connectivity index (χ1n) is 10.1. The molecule has 2 aliphatic rings. The maximum absolute atomic E-state index is 13.1. The molecule has 0 radical (unpaired) electrons. The molecule has 1 atom stereocenters. The highest BCUT2D eigenvalue weighted by Crippen LogP contribution is 2.34. The minimum absolute atomic E-state index is 0.152. The van der Waals surface area contributed by atoms with Crippen LogP contribution in [-0.2, 0) is 27.7 Å². The number of hydrogen-bond acceptors (Lipinski definition) is 6. The van der Waals surface area contributed by atoms with E-state index in [1.165, 1.54) is 21.9 Å². The molecule has 1 aliphatic heterocycles. The van der Waals surface area contributed by atoms with Gasteiger partial charge < -0.3 is 5.32 Å².